The average molecular weight is 598 g/mol. The van der Waals surface area contributed by atoms with Crippen molar-refractivity contribution in [1.29, 1.82) is 5.26 Å². The summed E-state index contributed by atoms with van der Waals surface area (Å²) in [6.45, 7) is 0. The number of aryl methyl sites for hydroxylation is 1. The summed E-state index contributed by atoms with van der Waals surface area (Å²) in [6, 6.07) is 28.9. The largest absolute Gasteiger partial charge is 0.416 e. The predicted molar refractivity (Wildman–Crippen MR) is 155 cm³/mol. The molecule has 6 rings (SSSR count). The number of halogens is 4. The topological polar surface area (TPSA) is 40.9 Å². The minimum atomic E-state index is -4.51. The molecule has 0 fully saturated rings. The van der Waals surface area contributed by atoms with Gasteiger partial charge in [0.1, 0.15) is 5.78 Å². The number of Topliss-reactive ketones (excluding diaryl/α,β-unsaturated/α-hetero) is 1. The van der Waals surface area contributed by atoms with Crippen molar-refractivity contribution in [2.75, 3.05) is 5.33 Å². The zero-order valence-corrected chi connectivity index (χ0v) is 22.9. The molecule has 1 aliphatic carbocycles. The Morgan fingerprint density at radius 2 is 1.55 bits per heavy atom. The highest BCUT2D eigenvalue weighted by Gasteiger charge is 2.38. The van der Waals surface area contributed by atoms with Gasteiger partial charge in [-0.15, -0.1) is 0 Å². The number of rotatable bonds is 4. The second-order valence-electron chi connectivity index (χ2n) is 10.2. The summed E-state index contributed by atoms with van der Waals surface area (Å²) in [7, 11) is 0. The zero-order valence-electron chi connectivity index (χ0n) is 21.3. The van der Waals surface area contributed by atoms with Crippen LogP contribution in [-0.2, 0) is 17.4 Å². The third-order valence-electron chi connectivity index (χ3n) is 7.94. The van der Waals surface area contributed by atoms with Crippen LogP contribution in [-0.4, -0.2) is 11.1 Å². The Kier molecular flexibility index (Phi) is 6.72. The number of carbonyl (C=O) groups excluding carboxylic acids is 1. The fourth-order valence-corrected chi connectivity index (χ4v) is 6.60. The SMILES string of the molecule is N#Cc1ccc(C2CC(=O)C(c3cccc(C(F)(F)F)c3)c3ccc4c(cc(CCBr)c5ccccc54)c32)cc1. The Morgan fingerprint density at radius 1 is 0.825 bits per heavy atom. The maximum atomic E-state index is 13.8. The van der Waals surface area contributed by atoms with Crippen LogP contribution in [0.5, 0.6) is 0 Å². The van der Waals surface area contributed by atoms with Gasteiger partial charge in [-0.2, -0.15) is 18.4 Å². The van der Waals surface area contributed by atoms with Crippen LogP contribution in [0.1, 0.15) is 57.2 Å². The third kappa shape index (κ3) is 4.49. The number of benzene rings is 5. The van der Waals surface area contributed by atoms with Crippen molar-refractivity contribution in [1.82, 2.24) is 0 Å². The fraction of sp³-hybridized carbons (Fsp3) is 0.176. The van der Waals surface area contributed by atoms with Crippen LogP contribution in [0.4, 0.5) is 13.2 Å². The zero-order chi connectivity index (χ0) is 28.0. The molecule has 1 aliphatic rings. The van der Waals surface area contributed by atoms with Gasteiger partial charge in [0.25, 0.3) is 0 Å². The van der Waals surface area contributed by atoms with Gasteiger partial charge in [0.15, 0.2) is 0 Å². The van der Waals surface area contributed by atoms with Gasteiger partial charge in [-0.25, -0.2) is 0 Å². The highest BCUT2D eigenvalue weighted by molar-refractivity contribution is 9.09. The number of alkyl halides is 4. The van der Waals surface area contributed by atoms with E-state index in [1.54, 1.807) is 18.2 Å². The molecule has 0 amide bonds. The summed E-state index contributed by atoms with van der Waals surface area (Å²) >= 11 is 3.58. The second kappa shape index (κ2) is 10.2. The lowest BCUT2D eigenvalue weighted by molar-refractivity contribution is -0.137. The molecule has 0 saturated heterocycles. The first kappa shape index (κ1) is 26.3. The van der Waals surface area contributed by atoms with Gasteiger partial charge < -0.3 is 0 Å². The summed E-state index contributed by atoms with van der Waals surface area (Å²) in [6.07, 6.45) is -3.55. The number of fused-ring (bicyclic) bond motifs is 5. The minimum absolute atomic E-state index is 0.123. The van der Waals surface area contributed by atoms with E-state index in [1.807, 2.05) is 36.4 Å². The Labute approximate surface area is 238 Å². The fourth-order valence-electron chi connectivity index (χ4n) is 6.17. The first-order valence-electron chi connectivity index (χ1n) is 13.0. The Balaban J connectivity index is 1.66. The van der Waals surface area contributed by atoms with E-state index >= 15 is 0 Å². The normalized spacial score (nSPS) is 17.1. The molecule has 2 nitrogen and oxygen atoms in total. The van der Waals surface area contributed by atoms with E-state index in [2.05, 4.69) is 40.2 Å². The molecule has 2 unspecified atom stereocenters. The number of carbonyl (C=O) groups is 1. The van der Waals surface area contributed by atoms with Crippen molar-refractivity contribution in [2.24, 2.45) is 0 Å². The smallest absolute Gasteiger partial charge is 0.299 e. The van der Waals surface area contributed by atoms with E-state index < -0.39 is 17.7 Å². The van der Waals surface area contributed by atoms with E-state index in [9.17, 15) is 23.2 Å². The molecule has 0 saturated carbocycles. The summed E-state index contributed by atoms with van der Waals surface area (Å²) < 4.78 is 40.9. The molecule has 198 valence electrons. The van der Waals surface area contributed by atoms with Crippen LogP contribution >= 0.6 is 15.9 Å². The summed E-state index contributed by atoms with van der Waals surface area (Å²) in [5.41, 5.74) is 3.87. The molecule has 2 atom stereocenters. The van der Waals surface area contributed by atoms with Crippen molar-refractivity contribution in [3.05, 3.63) is 130 Å². The molecule has 0 radical (unpaired) electrons. The Hall–Kier alpha value is -3.95. The number of hydrogen-bond acceptors (Lipinski definition) is 2. The quantitative estimate of drug-likeness (QED) is 0.153. The van der Waals surface area contributed by atoms with Gasteiger partial charge in [-0.3, -0.25) is 4.79 Å². The van der Waals surface area contributed by atoms with Gasteiger partial charge in [0.05, 0.1) is 23.1 Å². The van der Waals surface area contributed by atoms with Crippen molar-refractivity contribution < 1.29 is 18.0 Å². The minimum Gasteiger partial charge on any atom is -0.299 e. The van der Waals surface area contributed by atoms with Crippen LogP contribution < -0.4 is 0 Å². The predicted octanol–water partition coefficient (Wildman–Crippen LogP) is 9.06. The Bertz CT molecular complexity index is 1820. The molecule has 0 spiro atoms. The molecule has 6 heteroatoms. The Morgan fingerprint density at radius 3 is 2.25 bits per heavy atom. The second-order valence-corrected chi connectivity index (χ2v) is 11.0. The van der Waals surface area contributed by atoms with Crippen LogP contribution in [0.2, 0.25) is 0 Å². The molecular formula is C34H23BrF3NO. The van der Waals surface area contributed by atoms with Gasteiger partial charge in [0, 0.05) is 17.7 Å². The van der Waals surface area contributed by atoms with E-state index in [4.69, 9.17) is 0 Å². The summed E-state index contributed by atoms with van der Waals surface area (Å²) in [4.78, 5) is 13.8. The van der Waals surface area contributed by atoms with Crippen molar-refractivity contribution in [3.63, 3.8) is 0 Å². The third-order valence-corrected chi connectivity index (χ3v) is 8.34. The molecule has 0 aliphatic heterocycles. The monoisotopic (exact) mass is 597 g/mol. The van der Waals surface area contributed by atoms with Crippen LogP contribution in [0.15, 0.2) is 91.0 Å². The number of ketones is 1. The molecule has 0 heterocycles. The van der Waals surface area contributed by atoms with E-state index in [0.29, 0.717) is 11.1 Å². The lowest BCUT2D eigenvalue weighted by Crippen LogP contribution is -2.26. The van der Waals surface area contributed by atoms with Gasteiger partial charge in [-0.1, -0.05) is 88.7 Å². The molecule has 0 aromatic heterocycles. The highest BCUT2D eigenvalue weighted by Crippen LogP contribution is 2.48. The van der Waals surface area contributed by atoms with Crippen LogP contribution in [0, 0.1) is 11.3 Å². The first-order valence-corrected chi connectivity index (χ1v) is 14.2. The first-order chi connectivity index (χ1) is 19.3. The van der Waals surface area contributed by atoms with E-state index in [-0.39, 0.29) is 18.1 Å². The number of nitriles is 1. The summed E-state index contributed by atoms with van der Waals surface area (Å²) in [5, 5.41) is 14.4. The molecule has 0 N–H and O–H groups in total. The maximum Gasteiger partial charge on any atom is 0.416 e. The van der Waals surface area contributed by atoms with Crippen molar-refractivity contribution in [3.8, 4) is 6.07 Å². The highest BCUT2D eigenvalue weighted by atomic mass is 79.9. The van der Waals surface area contributed by atoms with Crippen LogP contribution in [0.3, 0.4) is 0 Å². The van der Waals surface area contributed by atoms with Crippen molar-refractivity contribution >= 4 is 43.3 Å². The molecule has 5 aromatic rings. The van der Waals surface area contributed by atoms with Gasteiger partial charge in [-0.05, 0) is 74.0 Å². The lowest BCUT2D eigenvalue weighted by atomic mass is 9.69. The van der Waals surface area contributed by atoms with Gasteiger partial charge >= 0.3 is 6.18 Å². The number of hydrogen-bond donors (Lipinski definition) is 0. The summed E-state index contributed by atoms with van der Waals surface area (Å²) in [5.74, 6) is -1.22. The van der Waals surface area contributed by atoms with Gasteiger partial charge in [0.2, 0.25) is 0 Å². The van der Waals surface area contributed by atoms with Crippen LogP contribution in [0.25, 0.3) is 21.5 Å². The average Bonchev–Trinajstić information content (AvgIpc) is 2.96. The molecule has 0 bridgehead atoms. The molecular weight excluding hydrogens is 575 g/mol. The maximum absolute atomic E-state index is 13.8. The number of nitrogens with zero attached hydrogens (tertiary/aromatic N) is 1. The van der Waals surface area contributed by atoms with E-state index in [1.165, 1.54) is 11.6 Å². The van der Waals surface area contributed by atoms with E-state index in [0.717, 1.165) is 62.1 Å². The molecule has 5 aromatic carbocycles. The lowest BCUT2D eigenvalue weighted by Gasteiger charge is -2.33. The van der Waals surface area contributed by atoms with Crippen molar-refractivity contribution in [2.45, 2.75) is 30.9 Å². The molecule has 40 heavy (non-hydrogen) atoms. The standard InChI is InChI=1S/C34H23BrF3NO/c35-15-14-22-17-30-27(26-7-2-1-6-25(22)26)12-13-28-32(23-4-3-5-24(16-23)34(36,37)38)31(40)18-29(33(28)30)21-10-8-20(19-39)9-11-21/h1-13,16-17,29,32H,14-15,18H2.